The van der Waals surface area contributed by atoms with E-state index >= 15 is 0 Å². The summed E-state index contributed by atoms with van der Waals surface area (Å²) < 4.78 is 8.10. The minimum absolute atomic E-state index is 0.258. The highest BCUT2D eigenvalue weighted by molar-refractivity contribution is 6.02. The van der Waals surface area contributed by atoms with Crippen LogP contribution in [-0.2, 0) is 11.2 Å². The number of nitrogens with zero attached hydrogens (tertiary/aromatic N) is 4. The molecular formula is C19H20N4O. The van der Waals surface area contributed by atoms with E-state index in [0.717, 1.165) is 53.6 Å². The molecule has 5 heteroatoms. The number of benzene rings is 1. The maximum atomic E-state index is 9.26. The van der Waals surface area contributed by atoms with Crippen molar-refractivity contribution >= 4 is 21.9 Å². The third-order valence-corrected chi connectivity index (χ3v) is 4.86. The summed E-state index contributed by atoms with van der Waals surface area (Å²) in [6, 6.07) is 8.29. The SMILES string of the molecule is CCc1nc2cnc3ccc(C#N)cc3c2n1C1CCO[C@H](C)C1. The van der Waals surface area contributed by atoms with Crippen molar-refractivity contribution in [1.82, 2.24) is 14.5 Å². The van der Waals surface area contributed by atoms with Crippen LogP contribution in [0.2, 0.25) is 0 Å². The molecule has 4 rings (SSSR count). The van der Waals surface area contributed by atoms with Gasteiger partial charge in [-0.25, -0.2) is 4.98 Å². The van der Waals surface area contributed by atoms with Gasteiger partial charge in [0.25, 0.3) is 0 Å². The van der Waals surface area contributed by atoms with Crippen molar-refractivity contribution in [3.8, 4) is 6.07 Å². The van der Waals surface area contributed by atoms with E-state index in [1.807, 2.05) is 24.4 Å². The minimum Gasteiger partial charge on any atom is -0.378 e. The maximum Gasteiger partial charge on any atom is 0.109 e. The van der Waals surface area contributed by atoms with E-state index < -0.39 is 0 Å². The van der Waals surface area contributed by atoms with Gasteiger partial charge in [0, 0.05) is 24.5 Å². The predicted octanol–water partition coefficient (Wildman–Crippen LogP) is 3.76. The molecule has 0 saturated carbocycles. The highest BCUT2D eigenvalue weighted by Gasteiger charge is 2.25. The molecule has 0 radical (unpaired) electrons. The van der Waals surface area contributed by atoms with Crippen molar-refractivity contribution in [2.45, 2.75) is 45.3 Å². The normalized spacial score (nSPS) is 21.2. The van der Waals surface area contributed by atoms with E-state index in [9.17, 15) is 5.26 Å². The monoisotopic (exact) mass is 320 g/mol. The Kier molecular flexibility index (Phi) is 3.70. The number of imidazole rings is 1. The van der Waals surface area contributed by atoms with E-state index in [1.54, 1.807) is 0 Å². The molecule has 2 atom stereocenters. The lowest BCUT2D eigenvalue weighted by atomic mass is 10.0. The second kappa shape index (κ2) is 5.88. The Morgan fingerprint density at radius 1 is 1.38 bits per heavy atom. The molecule has 1 aliphatic rings. The summed E-state index contributed by atoms with van der Waals surface area (Å²) in [7, 11) is 0. The number of aromatic nitrogens is 3. The third-order valence-electron chi connectivity index (χ3n) is 4.86. The molecule has 1 fully saturated rings. The maximum absolute atomic E-state index is 9.26. The van der Waals surface area contributed by atoms with Crippen LogP contribution in [0, 0.1) is 11.3 Å². The van der Waals surface area contributed by atoms with Gasteiger partial charge in [-0.1, -0.05) is 6.92 Å². The lowest BCUT2D eigenvalue weighted by Crippen LogP contribution is -2.26. The number of rotatable bonds is 2. The number of fused-ring (bicyclic) bond motifs is 3. The van der Waals surface area contributed by atoms with Crippen LogP contribution in [0.15, 0.2) is 24.4 Å². The van der Waals surface area contributed by atoms with Crippen LogP contribution in [0.5, 0.6) is 0 Å². The van der Waals surface area contributed by atoms with Gasteiger partial charge in [0.2, 0.25) is 0 Å². The van der Waals surface area contributed by atoms with Gasteiger partial charge < -0.3 is 9.30 Å². The van der Waals surface area contributed by atoms with Gasteiger partial charge in [0.1, 0.15) is 11.3 Å². The first-order valence-corrected chi connectivity index (χ1v) is 8.52. The average Bonchev–Trinajstić information content (AvgIpc) is 3.00. The highest BCUT2D eigenvalue weighted by atomic mass is 16.5. The fourth-order valence-corrected chi connectivity index (χ4v) is 3.75. The quantitative estimate of drug-likeness (QED) is 0.721. The van der Waals surface area contributed by atoms with Gasteiger partial charge in [-0.05, 0) is 38.0 Å². The molecule has 3 aromatic rings. The molecule has 5 nitrogen and oxygen atoms in total. The molecule has 1 saturated heterocycles. The molecule has 0 spiro atoms. The molecule has 0 bridgehead atoms. The lowest BCUT2D eigenvalue weighted by molar-refractivity contribution is 0.00628. The van der Waals surface area contributed by atoms with Crippen molar-refractivity contribution in [2.24, 2.45) is 0 Å². The van der Waals surface area contributed by atoms with Crippen molar-refractivity contribution in [2.75, 3.05) is 6.61 Å². The van der Waals surface area contributed by atoms with Crippen molar-refractivity contribution in [1.29, 1.82) is 5.26 Å². The largest absolute Gasteiger partial charge is 0.378 e. The zero-order valence-electron chi connectivity index (χ0n) is 14.0. The second-order valence-corrected chi connectivity index (χ2v) is 6.45. The summed E-state index contributed by atoms with van der Waals surface area (Å²) in [5.41, 5.74) is 3.58. The number of hydrogen-bond acceptors (Lipinski definition) is 4. The predicted molar refractivity (Wildman–Crippen MR) is 92.8 cm³/mol. The number of nitriles is 1. The van der Waals surface area contributed by atoms with Crippen molar-refractivity contribution in [3.63, 3.8) is 0 Å². The topological polar surface area (TPSA) is 63.7 Å². The van der Waals surface area contributed by atoms with E-state index in [2.05, 4.69) is 29.5 Å². The van der Waals surface area contributed by atoms with Crippen LogP contribution in [0.4, 0.5) is 0 Å². The van der Waals surface area contributed by atoms with Gasteiger partial charge >= 0.3 is 0 Å². The molecule has 1 aromatic carbocycles. The smallest absolute Gasteiger partial charge is 0.109 e. The summed E-state index contributed by atoms with van der Waals surface area (Å²) in [4.78, 5) is 9.34. The fraction of sp³-hybridized carbons (Fsp3) is 0.421. The van der Waals surface area contributed by atoms with E-state index in [0.29, 0.717) is 11.6 Å². The molecule has 0 N–H and O–H groups in total. The summed E-state index contributed by atoms with van der Waals surface area (Å²) >= 11 is 0. The summed E-state index contributed by atoms with van der Waals surface area (Å²) in [6.07, 6.45) is 4.96. The molecular weight excluding hydrogens is 300 g/mol. The molecule has 1 unspecified atom stereocenters. The van der Waals surface area contributed by atoms with Gasteiger partial charge in [0.15, 0.2) is 0 Å². The van der Waals surface area contributed by atoms with Gasteiger partial charge in [-0.2, -0.15) is 5.26 Å². The zero-order chi connectivity index (χ0) is 16.7. The minimum atomic E-state index is 0.258. The van der Waals surface area contributed by atoms with E-state index in [4.69, 9.17) is 9.72 Å². The number of hydrogen-bond donors (Lipinski definition) is 0. The van der Waals surface area contributed by atoms with Gasteiger partial charge in [0.05, 0.1) is 35.0 Å². The molecule has 1 aliphatic heterocycles. The van der Waals surface area contributed by atoms with Gasteiger partial charge in [-0.15, -0.1) is 0 Å². The fourth-order valence-electron chi connectivity index (χ4n) is 3.75. The molecule has 122 valence electrons. The first kappa shape index (κ1) is 15.1. The Balaban J connectivity index is 2.02. The van der Waals surface area contributed by atoms with Crippen LogP contribution >= 0.6 is 0 Å². The standard InChI is InChI=1S/C19H20N4O/c1-3-18-22-17-11-21-16-5-4-13(10-20)9-15(16)19(17)23(18)14-6-7-24-12(2)8-14/h4-5,9,11-12,14H,3,6-8H2,1-2H3/t12-,14?/m1/s1. The van der Waals surface area contributed by atoms with Crippen molar-refractivity contribution in [3.05, 3.63) is 35.8 Å². The van der Waals surface area contributed by atoms with E-state index in [-0.39, 0.29) is 6.10 Å². The first-order valence-electron chi connectivity index (χ1n) is 8.52. The summed E-state index contributed by atoms with van der Waals surface area (Å²) in [5.74, 6) is 1.08. The molecule has 2 aromatic heterocycles. The second-order valence-electron chi connectivity index (χ2n) is 6.45. The Morgan fingerprint density at radius 2 is 2.25 bits per heavy atom. The molecule has 24 heavy (non-hydrogen) atoms. The Bertz CT molecular complexity index is 953. The van der Waals surface area contributed by atoms with E-state index in [1.165, 1.54) is 0 Å². The number of pyridine rings is 1. The number of ether oxygens (including phenoxy) is 1. The van der Waals surface area contributed by atoms with Crippen LogP contribution in [0.3, 0.4) is 0 Å². The average molecular weight is 320 g/mol. The highest BCUT2D eigenvalue weighted by Crippen LogP contribution is 2.33. The lowest BCUT2D eigenvalue weighted by Gasteiger charge is -2.30. The number of aryl methyl sites for hydroxylation is 1. The third kappa shape index (κ3) is 2.35. The first-order chi connectivity index (χ1) is 11.7. The summed E-state index contributed by atoms with van der Waals surface area (Å²) in [5, 5.41) is 10.3. The molecule has 3 heterocycles. The van der Waals surface area contributed by atoms with Crippen LogP contribution in [-0.4, -0.2) is 27.2 Å². The molecule has 0 aliphatic carbocycles. The zero-order valence-corrected chi connectivity index (χ0v) is 14.0. The van der Waals surface area contributed by atoms with Crippen LogP contribution < -0.4 is 0 Å². The Hall–Kier alpha value is -2.45. The van der Waals surface area contributed by atoms with Crippen molar-refractivity contribution < 1.29 is 4.74 Å². The van der Waals surface area contributed by atoms with Crippen LogP contribution in [0.25, 0.3) is 21.9 Å². The van der Waals surface area contributed by atoms with Crippen LogP contribution in [0.1, 0.15) is 44.1 Å². The molecule has 0 amide bonds. The van der Waals surface area contributed by atoms with Gasteiger partial charge in [-0.3, -0.25) is 4.98 Å². The summed E-state index contributed by atoms with van der Waals surface area (Å²) in [6.45, 7) is 5.04. The Labute approximate surface area is 140 Å². The Morgan fingerprint density at radius 3 is 3.00 bits per heavy atom.